The highest BCUT2D eigenvalue weighted by Crippen LogP contribution is 2.31. The predicted molar refractivity (Wildman–Crippen MR) is 101 cm³/mol. The van der Waals surface area contributed by atoms with Crippen LogP contribution < -0.4 is 9.47 Å². The first kappa shape index (κ1) is 20.0. The SMILES string of the molecule is COc1ccc(OCCOC(=O)CN2C(=O)c3cc(Cl)c(Cl)cc3C2=O)cc1. The van der Waals surface area contributed by atoms with Crippen LogP contribution in [0.25, 0.3) is 0 Å². The van der Waals surface area contributed by atoms with Gasteiger partial charge in [0.25, 0.3) is 11.8 Å². The Morgan fingerprint density at radius 2 is 1.46 bits per heavy atom. The first-order valence-corrected chi connectivity index (χ1v) is 8.94. The number of fused-ring (bicyclic) bond motifs is 1. The summed E-state index contributed by atoms with van der Waals surface area (Å²) in [5, 5.41) is 0.309. The van der Waals surface area contributed by atoms with Gasteiger partial charge in [-0.05, 0) is 36.4 Å². The van der Waals surface area contributed by atoms with Crippen LogP contribution in [0.4, 0.5) is 0 Å². The molecule has 2 aromatic rings. The molecule has 0 saturated carbocycles. The molecule has 3 rings (SSSR count). The molecule has 0 spiro atoms. The van der Waals surface area contributed by atoms with Crippen molar-refractivity contribution in [3.05, 3.63) is 57.6 Å². The highest BCUT2D eigenvalue weighted by Gasteiger charge is 2.37. The summed E-state index contributed by atoms with van der Waals surface area (Å²) in [7, 11) is 1.56. The number of nitrogens with zero attached hydrogens (tertiary/aromatic N) is 1. The quantitative estimate of drug-likeness (QED) is 0.386. The van der Waals surface area contributed by atoms with E-state index in [1.807, 2.05) is 0 Å². The van der Waals surface area contributed by atoms with Crippen LogP contribution in [0.15, 0.2) is 36.4 Å². The van der Waals surface area contributed by atoms with E-state index >= 15 is 0 Å². The zero-order chi connectivity index (χ0) is 20.3. The van der Waals surface area contributed by atoms with Gasteiger partial charge in [-0.2, -0.15) is 0 Å². The van der Waals surface area contributed by atoms with Gasteiger partial charge < -0.3 is 14.2 Å². The maximum atomic E-state index is 12.3. The third-order valence-electron chi connectivity index (χ3n) is 3.97. The minimum atomic E-state index is -0.731. The number of carbonyl (C=O) groups excluding carboxylic acids is 3. The number of carbonyl (C=O) groups is 3. The van der Waals surface area contributed by atoms with Crippen molar-refractivity contribution >= 4 is 41.0 Å². The highest BCUT2D eigenvalue weighted by atomic mass is 35.5. The number of imide groups is 1. The number of halogens is 2. The topological polar surface area (TPSA) is 82.1 Å². The Morgan fingerprint density at radius 3 is 2.00 bits per heavy atom. The molecule has 0 radical (unpaired) electrons. The lowest BCUT2D eigenvalue weighted by Crippen LogP contribution is -2.36. The Balaban J connectivity index is 1.49. The zero-order valence-electron chi connectivity index (χ0n) is 14.7. The van der Waals surface area contributed by atoms with Gasteiger partial charge in [0, 0.05) is 0 Å². The highest BCUT2D eigenvalue weighted by molar-refractivity contribution is 6.43. The van der Waals surface area contributed by atoms with Crippen molar-refractivity contribution in [3.63, 3.8) is 0 Å². The number of methoxy groups -OCH3 is 1. The van der Waals surface area contributed by atoms with E-state index in [1.165, 1.54) is 12.1 Å². The second-order valence-corrected chi connectivity index (χ2v) is 6.57. The van der Waals surface area contributed by atoms with Gasteiger partial charge in [-0.1, -0.05) is 23.2 Å². The molecule has 1 aliphatic heterocycles. The van der Waals surface area contributed by atoms with Gasteiger partial charge in [0.1, 0.15) is 31.3 Å². The second-order valence-electron chi connectivity index (χ2n) is 5.75. The summed E-state index contributed by atoms with van der Waals surface area (Å²) in [5.41, 5.74) is 0.213. The Kier molecular flexibility index (Phi) is 6.06. The van der Waals surface area contributed by atoms with Gasteiger partial charge in [-0.15, -0.1) is 0 Å². The van der Waals surface area contributed by atoms with E-state index in [4.69, 9.17) is 37.4 Å². The van der Waals surface area contributed by atoms with Crippen LogP contribution in [-0.4, -0.2) is 49.6 Å². The van der Waals surface area contributed by atoms with Gasteiger partial charge in [0.2, 0.25) is 0 Å². The average Bonchev–Trinajstić information content (AvgIpc) is 2.90. The van der Waals surface area contributed by atoms with E-state index in [-0.39, 0.29) is 34.4 Å². The van der Waals surface area contributed by atoms with E-state index in [1.54, 1.807) is 31.4 Å². The molecule has 0 N–H and O–H groups in total. The Bertz CT molecular complexity index is 888. The van der Waals surface area contributed by atoms with Crippen LogP contribution in [-0.2, 0) is 9.53 Å². The molecule has 1 heterocycles. The van der Waals surface area contributed by atoms with Crippen molar-refractivity contribution in [2.24, 2.45) is 0 Å². The first-order valence-electron chi connectivity index (χ1n) is 8.18. The van der Waals surface area contributed by atoms with Crippen molar-refractivity contribution in [2.45, 2.75) is 0 Å². The molecule has 0 bridgehead atoms. The molecule has 1 aliphatic rings. The number of hydrogen-bond acceptors (Lipinski definition) is 6. The van der Waals surface area contributed by atoms with Crippen molar-refractivity contribution in [1.82, 2.24) is 4.90 Å². The summed E-state index contributed by atoms with van der Waals surface area (Å²) >= 11 is 11.8. The van der Waals surface area contributed by atoms with Crippen LogP contribution in [0.2, 0.25) is 10.0 Å². The van der Waals surface area contributed by atoms with Gasteiger partial charge >= 0.3 is 5.97 Å². The van der Waals surface area contributed by atoms with E-state index in [0.29, 0.717) is 11.5 Å². The van der Waals surface area contributed by atoms with Crippen LogP contribution in [0, 0.1) is 0 Å². The number of esters is 1. The van der Waals surface area contributed by atoms with E-state index in [9.17, 15) is 14.4 Å². The predicted octanol–water partition coefficient (Wildman–Crippen LogP) is 3.22. The van der Waals surface area contributed by atoms with Crippen molar-refractivity contribution in [2.75, 3.05) is 26.9 Å². The Labute approximate surface area is 170 Å². The van der Waals surface area contributed by atoms with Crippen LogP contribution in [0.1, 0.15) is 20.7 Å². The third-order valence-corrected chi connectivity index (χ3v) is 4.70. The largest absolute Gasteiger partial charge is 0.497 e. The number of benzene rings is 2. The monoisotopic (exact) mass is 423 g/mol. The summed E-state index contributed by atoms with van der Waals surface area (Å²) in [5.74, 6) is -0.687. The van der Waals surface area contributed by atoms with Crippen molar-refractivity contribution < 1.29 is 28.6 Å². The third kappa shape index (κ3) is 4.21. The lowest BCUT2D eigenvalue weighted by atomic mass is 10.1. The van der Waals surface area contributed by atoms with Crippen molar-refractivity contribution in [1.29, 1.82) is 0 Å². The summed E-state index contributed by atoms with van der Waals surface area (Å²) in [6.45, 7) is -0.429. The molecular weight excluding hydrogens is 409 g/mol. The minimum absolute atomic E-state index is 0.0360. The molecule has 0 fully saturated rings. The van der Waals surface area contributed by atoms with E-state index < -0.39 is 24.3 Å². The van der Waals surface area contributed by atoms with Gasteiger partial charge in [-0.3, -0.25) is 19.3 Å². The number of amides is 2. The molecule has 0 saturated heterocycles. The molecule has 146 valence electrons. The van der Waals surface area contributed by atoms with Crippen molar-refractivity contribution in [3.8, 4) is 11.5 Å². The molecule has 0 unspecified atom stereocenters. The van der Waals surface area contributed by atoms with Gasteiger partial charge in [-0.25, -0.2) is 0 Å². The van der Waals surface area contributed by atoms with Crippen LogP contribution in [0.5, 0.6) is 11.5 Å². The number of rotatable bonds is 7. The average molecular weight is 424 g/mol. The molecule has 28 heavy (non-hydrogen) atoms. The normalized spacial score (nSPS) is 12.8. The van der Waals surface area contributed by atoms with Crippen LogP contribution in [0.3, 0.4) is 0 Å². The minimum Gasteiger partial charge on any atom is -0.497 e. The summed E-state index contributed by atoms with van der Waals surface area (Å²) < 4.78 is 15.5. The zero-order valence-corrected chi connectivity index (χ0v) is 16.2. The number of hydrogen-bond donors (Lipinski definition) is 0. The van der Waals surface area contributed by atoms with Gasteiger partial charge in [0.15, 0.2) is 0 Å². The van der Waals surface area contributed by atoms with E-state index in [2.05, 4.69) is 0 Å². The molecule has 0 aliphatic carbocycles. The van der Waals surface area contributed by atoms with E-state index in [0.717, 1.165) is 4.90 Å². The fourth-order valence-corrected chi connectivity index (χ4v) is 2.92. The maximum Gasteiger partial charge on any atom is 0.326 e. The smallest absolute Gasteiger partial charge is 0.326 e. The molecular formula is C19H15Cl2NO6. The Morgan fingerprint density at radius 1 is 0.929 bits per heavy atom. The standard InChI is InChI=1S/C19H15Cl2NO6/c1-26-11-2-4-12(5-3-11)27-6-7-28-17(23)10-22-18(24)13-8-15(20)16(21)9-14(13)19(22)25/h2-5,8-9H,6-7,10H2,1H3. The molecule has 0 aromatic heterocycles. The second kappa shape index (κ2) is 8.50. The molecule has 9 heteroatoms. The van der Waals surface area contributed by atoms with Gasteiger partial charge in [0.05, 0.1) is 28.3 Å². The first-order chi connectivity index (χ1) is 13.4. The molecule has 2 amide bonds. The molecule has 0 atom stereocenters. The lowest BCUT2D eigenvalue weighted by molar-refractivity contribution is -0.144. The fourth-order valence-electron chi connectivity index (χ4n) is 2.59. The molecule has 7 nitrogen and oxygen atoms in total. The Hall–Kier alpha value is -2.77. The number of ether oxygens (including phenoxy) is 3. The lowest BCUT2D eigenvalue weighted by Gasteiger charge is -2.13. The maximum absolute atomic E-state index is 12.3. The molecule has 2 aromatic carbocycles. The summed E-state index contributed by atoms with van der Waals surface area (Å²) in [6.07, 6.45) is 0. The fraction of sp³-hybridized carbons (Fsp3) is 0.211. The summed E-state index contributed by atoms with van der Waals surface area (Å²) in [4.78, 5) is 37.4. The van der Waals surface area contributed by atoms with Crippen LogP contribution >= 0.6 is 23.2 Å². The summed E-state index contributed by atoms with van der Waals surface area (Å²) in [6, 6.07) is 9.54.